The number of carbonyl (C=O) groups excluding carboxylic acids is 3. The van der Waals surface area contributed by atoms with Crippen molar-refractivity contribution in [2.24, 2.45) is 0 Å². The average Bonchev–Trinajstić information content (AvgIpc) is 2.98. The Bertz CT molecular complexity index is 1320. The van der Waals surface area contributed by atoms with E-state index < -0.39 is 11.8 Å². The predicted octanol–water partition coefficient (Wildman–Crippen LogP) is 5.99. The van der Waals surface area contributed by atoms with E-state index in [-0.39, 0.29) is 32.4 Å². The third kappa shape index (κ3) is 4.73. The van der Waals surface area contributed by atoms with Gasteiger partial charge < -0.3 is 10.6 Å². The summed E-state index contributed by atoms with van der Waals surface area (Å²) in [7, 11) is 0. The fourth-order valence-corrected chi connectivity index (χ4v) is 4.03. The molecule has 0 saturated heterocycles. The van der Waals surface area contributed by atoms with Gasteiger partial charge in [-0.05, 0) is 55.0 Å². The van der Waals surface area contributed by atoms with Gasteiger partial charge in [-0.15, -0.1) is 0 Å². The fourth-order valence-electron chi connectivity index (χ4n) is 3.30. The molecule has 0 spiro atoms. The molecule has 3 aromatic rings. The van der Waals surface area contributed by atoms with Crippen molar-refractivity contribution in [1.29, 1.82) is 0 Å². The van der Waals surface area contributed by atoms with E-state index >= 15 is 0 Å². The lowest BCUT2D eigenvalue weighted by Crippen LogP contribution is -2.32. The number of aryl methyl sites for hydroxylation is 1. The SMILES string of the molecule is Cc1ccccc1NC(=O)c1cccc(NC2=C(Cl)C(=O)N(c3cc(Cl)cc(Cl)c3)C2=O)c1. The second-order valence-electron chi connectivity index (χ2n) is 7.24. The molecule has 1 heterocycles. The smallest absolute Gasteiger partial charge is 0.283 e. The number of anilines is 3. The fraction of sp³-hybridized carbons (Fsp3) is 0.0417. The van der Waals surface area contributed by atoms with E-state index in [0.29, 0.717) is 16.9 Å². The summed E-state index contributed by atoms with van der Waals surface area (Å²) in [6.07, 6.45) is 0. The van der Waals surface area contributed by atoms with Crippen molar-refractivity contribution in [2.75, 3.05) is 15.5 Å². The number of halogens is 3. The van der Waals surface area contributed by atoms with Gasteiger partial charge in [-0.25, -0.2) is 4.90 Å². The van der Waals surface area contributed by atoms with E-state index in [0.717, 1.165) is 10.5 Å². The van der Waals surface area contributed by atoms with Gasteiger partial charge in [0.25, 0.3) is 17.7 Å². The van der Waals surface area contributed by atoms with Gasteiger partial charge in [-0.2, -0.15) is 0 Å². The van der Waals surface area contributed by atoms with Crippen molar-refractivity contribution in [3.8, 4) is 0 Å². The molecule has 1 aliphatic rings. The number of hydrogen-bond acceptors (Lipinski definition) is 4. The molecule has 6 nitrogen and oxygen atoms in total. The molecule has 9 heteroatoms. The lowest BCUT2D eigenvalue weighted by molar-refractivity contribution is -0.120. The quantitative estimate of drug-likeness (QED) is 0.422. The van der Waals surface area contributed by atoms with Gasteiger partial charge in [0.2, 0.25) is 0 Å². The number of nitrogens with one attached hydrogen (secondary N) is 2. The van der Waals surface area contributed by atoms with E-state index in [1.165, 1.54) is 18.2 Å². The zero-order valence-electron chi connectivity index (χ0n) is 17.2. The Morgan fingerprint density at radius 1 is 0.848 bits per heavy atom. The minimum Gasteiger partial charge on any atom is -0.350 e. The van der Waals surface area contributed by atoms with Gasteiger partial charge in [0.15, 0.2) is 0 Å². The van der Waals surface area contributed by atoms with E-state index in [9.17, 15) is 14.4 Å². The van der Waals surface area contributed by atoms with Crippen molar-refractivity contribution < 1.29 is 14.4 Å². The molecule has 3 amide bonds. The molecule has 0 aromatic heterocycles. The molecule has 0 atom stereocenters. The molecule has 0 bridgehead atoms. The molecule has 0 saturated carbocycles. The standard InChI is InChI=1S/C24H16Cl3N3O3/c1-13-5-2-3-8-19(13)29-22(31)14-6-4-7-17(9-14)28-21-20(27)23(32)30(24(21)33)18-11-15(25)10-16(26)12-18/h2-12,28H,1H3,(H,29,31). The highest BCUT2D eigenvalue weighted by Crippen LogP contribution is 2.33. The number of carbonyl (C=O) groups is 3. The zero-order chi connectivity index (χ0) is 23.7. The maximum Gasteiger partial charge on any atom is 0.283 e. The molecule has 2 N–H and O–H groups in total. The lowest BCUT2D eigenvalue weighted by atomic mass is 10.1. The highest BCUT2D eigenvalue weighted by molar-refractivity contribution is 6.53. The Hall–Kier alpha value is -3.32. The zero-order valence-corrected chi connectivity index (χ0v) is 19.4. The van der Waals surface area contributed by atoms with E-state index in [4.69, 9.17) is 34.8 Å². The van der Waals surface area contributed by atoms with E-state index in [1.807, 2.05) is 25.1 Å². The third-order valence-corrected chi connectivity index (χ3v) is 5.71. The van der Waals surface area contributed by atoms with Gasteiger partial charge in [0.05, 0.1) is 5.69 Å². The first-order chi connectivity index (χ1) is 15.7. The second-order valence-corrected chi connectivity index (χ2v) is 8.49. The monoisotopic (exact) mass is 499 g/mol. The Balaban J connectivity index is 1.56. The molecule has 0 unspecified atom stereocenters. The highest BCUT2D eigenvalue weighted by atomic mass is 35.5. The molecule has 166 valence electrons. The van der Waals surface area contributed by atoms with Crippen molar-refractivity contribution in [1.82, 2.24) is 0 Å². The Morgan fingerprint density at radius 2 is 1.55 bits per heavy atom. The van der Waals surface area contributed by atoms with Crippen LogP contribution in [0, 0.1) is 6.92 Å². The van der Waals surface area contributed by atoms with Crippen LogP contribution in [0.1, 0.15) is 15.9 Å². The summed E-state index contributed by atoms with van der Waals surface area (Å²) in [4.78, 5) is 39.3. The minimum absolute atomic E-state index is 0.116. The Morgan fingerprint density at radius 3 is 2.24 bits per heavy atom. The van der Waals surface area contributed by atoms with E-state index in [2.05, 4.69) is 10.6 Å². The van der Waals surface area contributed by atoms with Crippen molar-refractivity contribution in [3.05, 3.63) is 98.6 Å². The maximum atomic E-state index is 13.0. The molecular weight excluding hydrogens is 485 g/mol. The summed E-state index contributed by atoms with van der Waals surface area (Å²) in [5, 5.41) is 5.96. The van der Waals surface area contributed by atoms with Gasteiger partial charge in [-0.1, -0.05) is 59.1 Å². The first kappa shape index (κ1) is 22.9. The Kier molecular flexibility index (Phi) is 6.42. The summed E-state index contributed by atoms with van der Waals surface area (Å²) in [5.74, 6) is -1.70. The molecule has 0 fully saturated rings. The first-order valence-corrected chi connectivity index (χ1v) is 10.9. The molecule has 3 aromatic carbocycles. The average molecular weight is 501 g/mol. The normalized spacial score (nSPS) is 13.5. The van der Waals surface area contributed by atoms with Crippen LogP contribution < -0.4 is 15.5 Å². The van der Waals surface area contributed by atoms with Crippen LogP contribution in [0.3, 0.4) is 0 Å². The van der Waals surface area contributed by atoms with Crippen molar-refractivity contribution in [2.45, 2.75) is 6.92 Å². The van der Waals surface area contributed by atoms with Crippen LogP contribution in [-0.4, -0.2) is 17.7 Å². The van der Waals surface area contributed by atoms with Gasteiger partial charge in [-0.3, -0.25) is 14.4 Å². The highest BCUT2D eigenvalue weighted by Gasteiger charge is 2.39. The van der Waals surface area contributed by atoms with Crippen LogP contribution in [0.25, 0.3) is 0 Å². The lowest BCUT2D eigenvalue weighted by Gasteiger charge is -2.16. The Labute approximate surface area is 204 Å². The molecule has 33 heavy (non-hydrogen) atoms. The number of hydrogen-bond donors (Lipinski definition) is 2. The molecule has 1 aliphatic heterocycles. The predicted molar refractivity (Wildman–Crippen MR) is 131 cm³/mol. The number of amides is 3. The summed E-state index contributed by atoms with van der Waals surface area (Å²) in [6.45, 7) is 1.89. The van der Waals surface area contributed by atoms with Crippen LogP contribution in [0.4, 0.5) is 17.1 Å². The topological polar surface area (TPSA) is 78.5 Å². The van der Waals surface area contributed by atoms with Crippen LogP contribution >= 0.6 is 34.8 Å². The van der Waals surface area contributed by atoms with Crippen LogP contribution in [0.2, 0.25) is 10.0 Å². The van der Waals surface area contributed by atoms with Gasteiger partial charge >= 0.3 is 0 Å². The largest absolute Gasteiger partial charge is 0.350 e. The van der Waals surface area contributed by atoms with Gasteiger partial charge in [0.1, 0.15) is 10.7 Å². The van der Waals surface area contributed by atoms with E-state index in [1.54, 1.807) is 30.3 Å². The summed E-state index contributed by atoms with van der Waals surface area (Å²) >= 11 is 18.2. The number of benzene rings is 3. The maximum absolute atomic E-state index is 13.0. The summed E-state index contributed by atoms with van der Waals surface area (Å²) in [6, 6.07) is 18.3. The van der Waals surface area contributed by atoms with Crippen LogP contribution in [0.15, 0.2) is 77.5 Å². The molecule has 0 aliphatic carbocycles. The number of imide groups is 1. The molecular formula is C24H16Cl3N3O3. The van der Waals surface area contributed by atoms with Crippen molar-refractivity contribution in [3.63, 3.8) is 0 Å². The second kappa shape index (κ2) is 9.27. The third-order valence-electron chi connectivity index (χ3n) is 4.92. The van der Waals surface area contributed by atoms with Crippen LogP contribution in [-0.2, 0) is 9.59 Å². The van der Waals surface area contributed by atoms with Crippen molar-refractivity contribution >= 4 is 69.6 Å². The minimum atomic E-state index is -0.712. The number of nitrogens with zero attached hydrogens (tertiary/aromatic N) is 1. The number of rotatable bonds is 5. The van der Waals surface area contributed by atoms with Gasteiger partial charge in [0, 0.05) is 27.0 Å². The number of para-hydroxylation sites is 1. The summed E-state index contributed by atoms with van der Waals surface area (Å²) in [5.41, 5.74) is 2.47. The molecule has 4 rings (SSSR count). The molecule has 0 radical (unpaired) electrons. The first-order valence-electron chi connectivity index (χ1n) is 9.73. The van der Waals surface area contributed by atoms with Crippen LogP contribution in [0.5, 0.6) is 0 Å². The summed E-state index contributed by atoms with van der Waals surface area (Å²) < 4.78 is 0.